The topological polar surface area (TPSA) is 51.0 Å². The maximum absolute atomic E-state index is 6.35. The number of nitrogens with two attached hydrogens (primary N) is 1. The fourth-order valence-electron chi connectivity index (χ4n) is 4.12. The average molecular weight is 310 g/mol. The van der Waals surface area contributed by atoms with Gasteiger partial charge >= 0.3 is 0 Å². The summed E-state index contributed by atoms with van der Waals surface area (Å²) < 4.78 is 11.9. The van der Waals surface area contributed by atoms with Gasteiger partial charge in [0.1, 0.15) is 5.72 Å². The first-order chi connectivity index (χ1) is 10.3. The highest BCUT2D eigenvalue weighted by molar-refractivity contribution is 5.15. The van der Waals surface area contributed by atoms with E-state index in [9.17, 15) is 0 Å². The molecule has 4 heteroatoms. The van der Waals surface area contributed by atoms with Gasteiger partial charge in [0.2, 0.25) is 0 Å². The summed E-state index contributed by atoms with van der Waals surface area (Å²) in [6.45, 7) is 13.8. The molecule has 4 nitrogen and oxygen atoms in total. The molecule has 3 rings (SSSR count). The molecule has 0 spiro atoms. The van der Waals surface area contributed by atoms with Gasteiger partial charge in [-0.05, 0) is 42.9 Å². The minimum Gasteiger partial charge on any atom is -0.379 e. The predicted molar refractivity (Wildman–Crippen MR) is 88.6 cm³/mol. The minimum absolute atomic E-state index is 0.0560. The molecule has 0 amide bonds. The summed E-state index contributed by atoms with van der Waals surface area (Å²) in [6.07, 6.45) is 4.77. The van der Waals surface area contributed by atoms with Crippen LogP contribution in [0.4, 0.5) is 0 Å². The summed E-state index contributed by atoms with van der Waals surface area (Å²) >= 11 is 0. The molecule has 0 aromatic rings. The Hall–Kier alpha value is -0.160. The number of nitrogens with zero attached hydrogens (tertiary/aromatic N) is 1. The number of hydrogen-bond donors (Lipinski definition) is 1. The third-order valence-corrected chi connectivity index (χ3v) is 5.99. The van der Waals surface area contributed by atoms with Gasteiger partial charge in [0, 0.05) is 18.6 Å². The summed E-state index contributed by atoms with van der Waals surface area (Å²) in [5.74, 6) is 1.32. The van der Waals surface area contributed by atoms with Crippen molar-refractivity contribution in [2.45, 2.75) is 64.6 Å². The monoisotopic (exact) mass is 310 g/mol. The van der Waals surface area contributed by atoms with Crippen LogP contribution >= 0.6 is 0 Å². The molecule has 3 atom stereocenters. The maximum Gasteiger partial charge on any atom is 0.145 e. The summed E-state index contributed by atoms with van der Waals surface area (Å²) in [5.41, 5.74) is 6.58. The Bertz CT molecular complexity index is 406. The zero-order valence-corrected chi connectivity index (χ0v) is 14.9. The third kappa shape index (κ3) is 3.35. The van der Waals surface area contributed by atoms with Crippen LogP contribution in [0.3, 0.4) is 0 Å². The molecule has 0 aromatic heterocycles. The van der Waals surface area contributed by atoms with Gasteiger partial charge in [-0.1, -0.05) is 27.7 Å². The van der Waals surface area contributed by atoms with Crippen molar-refractivity contribution in [1.29, 1.82) is 0 Å². The summed E-state index contributed by atoms with van der Waals surface area (Å²) in [7, 11) is 0. The van der Waals surface area contributed by atoms with Gasteiger partial charge in [0.15, 0.2) is 0 Å². The standard InChI is InChI=1S/C18H34N2O2/c1-14(2)8-18(13-22-18)20-7-5-6-15(9-20)10-21-12-17(19)11-16(17,3)4/h14-15H,5-13,19H2,1-4H3/t15-,17?,18?/m1/s1. The van der Waals surface area contributed by atoms with Gasteiger partial charge in [-0.25, -0.2) is 0 Å². The van der Waals surface area contributed by atoms with Crippen LogP contribution in [0.1, 0.15) is 53.4 Å². The molecule has 2 aliphatic heterocycles. The SMILES string of the molecule is CC(C)CC1(N2CCC[C@@H](COCC3(N)CC3(C)C)C2)CO1. The van der Waals surface area contributed by atoms with E-state index in [-0.39, 0.29) is 16.7 Å². The lowest BCUT2D eigenvalue weighted by Gasteiger charge is -2.37. The number of ether oxygens (including phenoxy) is 2. The second-order valence-corrected chi connectivity index (χ2v) is 9.02. The number of epoxide rings is 1. The van der Waals surface area contributed by atoms with Crippen molar-refractivity contribution < 1.29 is 9.47 Å². The molecule has 2 heterocycles. The number of rotatable bonds is 7. The Labute approximate surface area is 135 Å². The molecule has 0 bridgehead atoms. The van der Waals surface area contributed by atoms with Crippen LogP contribution in [0.5, 0.6) is 0 Å². The Morgan fingerprint density at radius 3 is 2.59 bits per heavy atom. The largest absolute Gasteiger partial charge is 0.379 e. The molecule has 128 valence electrons. The highest BCUT2D eigenvalue weighted by atomic mass is 16.6. The van der Waals surface area contributed by atoms with E-state index in [1.807, 2.05) is 0 Å². The Balaban J connectivity index is 1.44. The molecule has 2 N–H and O–H groups in total. The van der Waals surface area contributed by atoms with Crippen molar-refractivity contribution in [3.63, 3.8) is 0 Å². The highest BCUT2D eigenvalue weighted by Gasteiger charge is 2.58. The third-order valence-electron chi connectivity index (χ3n) is 5.99. The fourth-order valence-corrected chi connectivity index (χ4v) is 4.12. The van der Waals surface area contributed by atoms with Crippen LogP contribution in [0.15, 0.2) is 0 Å². The quantitative estimate of drug-likeness (QED) is 0.734. The van der Waals surface area contributed by atoms with Crippen LogP contribution < -0.4 is 5.73 Å². The lowest BCUT2D eigenvalue weighted by Crippen LogP contribution is -2.47. The Kier molecular flexibility index (Phi) is 4.35. The molecule has 2 unspecified atom stereocenters. The van der Waals surface area contributed by atoms with Gasteiger partial charge in [-0.3, -0.25) is 4.90 Å². The first kappa shape index (κ1) is 16.7. The van der Waals surface area contributed by atoms with E-state index in [0.29, 0.717) is 18.4 Å². The Morgan fingerprint density at radius 1 is 1.36 bits per heavy atom. The van der Waals surface area contributed by atoms with Gasteiger partial charge < -0.3 is 15.2 Å². The van der Waals surface area contributed by atoms with Crippen molar-refractivity contribution in [3.05, 3.63) is 0 Å². The lowest BCUT2D eigenvalue weighted by atomic mass is 9.95. The van der Waals surface area contributed by atoms with Crippen LogP contribution in [0, 0.1) is 17.3 Å². The summed E-state index contributed by atoms with van der Waals surface area (Å²) in [6, 6.07) is 0. The van der Waals surface area contributed by atoms with E-state index in [1.54, 1.807) is 0 Å². The van der Waals surface area contributed by atoms with Gasteiger partial charge in [0.25, 0.3) is 0 Å². The molecule has 3 fully saturated rings. The van der Waals surface area contributed by atoms with Crippen LogP contribution in [0.2, 0.25) is 0 Å². The van der Waals surface area contributed by atoms with E-state index < -0.39 is 0 Å². The number of likely N-dealkylation sites (tertiary alicyclic amines) is 1. The van der Waals surface area contributed by atoms with Crippen molar-refractivity contribution in [2.75, 3.05) is 32.9 Å². The second-order valence-electron chi connectivity index (χ2n) is 9.02. The van der Waals surface area contributed by atoms with E-state index in [1.165, 1.54) is 19.4 Å². The van der Waals surface area contributed by atoms with Crippen molar-refractivity contribution in [3.8, 4) is 0 Å². The zero-order chi connectivity index (χ0) is 16.0. The van der Waals surface area contributed by atoms with E-state index >= 15 is 0 Å². The second kappa shape index (κ2) is 5.73. The molecule has 1 saturated carbocycles. The molecule has 0 radical (unpaired) electrons. The molecule has 3 aliphatic rings. The molecule has 1 aliphatic carbocycles. The van der Waals surface area contributed by atoms with Crippen LogP contribution in [-0.4, -0.2) is 49.1 Å². The van der Waals surface area contributed by atoms with E-state index in [4.69, 9.17) is 15.2 Å². The molecular formula is C18H34N2O2. The molecule has 2 saturated heterocycles. The van der Waals surface area contributed by atoms with Crippen molar-refractivity contribution >= 4 is 0 Å². The first-order valence-corrected chi connectivity index (χ1v) is 9.02. The van der Waals surface area contributed by atoms with Gasteiger partial charge in [-0.15, -0.1) is 0 Å². The zero-order valence-electron chi connectivity index (χ0n) is 14.9. The predicted octanol–water partition coefficient (Wildman–Crippen LogP) is 2.62. The Morgan fingerprint density at radius 2 is 2.05 bits per heavy atom. The molecule has 22 heavy (non-hydrogen) atoms. The fraction of sp³-hybridized carbons (Fsp3) is 1.00. The van der Waals surface area contributed by atoms with E-state index in [0.717, 1.165) is 32.6 Å². The van der Waals surface area contributed by atoms with Crippen LogP contribution in [-0.2, 0) is 9.47 Å². The minimum atomic E-state index is -0.0835. The average Bonchev–Trinajstić information content (AvgIpc) is 3.28. The lowest BCUT2D eigenvalue weighted by molar-refractivity contribution is -0.00583. The summed E-state index contributed by atoms with van der Waals surface area (Å²) in [4.78, 5) is 2.57. The normalized spacial score (nSPS) is 40.9. The number of hydrogen-bond acceptors (Lipinski definition) is 4. The van der Waals surface area contributed by atoms with Crippen molar-refractivity contribution in [2.24, 2.45) is 23.0 Å². The van der Waals surface area contributed by atoms with Gasteiger partial charge in [0.05, 0.1) is 19.8 Å². The van der Waals surface area contributed by atoms with E-state index in [2.05, 4.69) is 32.6 Å². The summed E-state index contributed by atoms with van der Waals surface area (Å²) in [5, 5.41) is 0. The maximum atomic E-state index is 6.35. The van der Waals surface area contributed by atoms with Gasteiger partial charge in [-0.2, -0.15) is 0 Å². The first-order valence-electron chi connectivity index (χ1n) is 9.02. The molecular weight excluding hydrogens is 276 g/mol. The number of piperidine rings is 1. The smallest absolute Gasteiger partial charge is 0.145 e. The van der Waals surface area contributed by atoms with Crippen molar-refractivity contribution in [1.82, 2.24) is 4.90 Å². The highest BCUT2D eigenvalue weighted by Crippen LogP contribution is 2.53. The van der Waals surface area contributed by atoms with Crippen LogP contribution in [0.25, 0.3) is 0 Å². The molecule has 0 aromatic carbocycles.